The number of nitrogens with zero attached hydrogens (tertiary/aromatic N) is 2. The van der Waals surface area contributed by atoms with Crippen LogP contribution < -0.4 is 10.0 Å². The van der Waals surface area contributed by atoms with Gasteiger partial charge in [0, 0.05) is 5.69 Å². The van der Waals surface area contributed by atoms with Gasteiger partial charge in [0.1, 0.15) is 5.76 Å². The zero-order valence-electron chi connectivity index (χ0n) is 18.7. The molecule has 4 rings (SSSR count). The standard InChI is InChI=1S/C24H24N4O4S2/c1-17-24(18(2)28(27-17)20-7-4-3-5-8-20)33-16-23(29)26-19-10-12-22(13-11-19)34(30,31)25-15-21-9-6-14-32-21/h3-14,25H,15-16H2,1-2H3,(H,26,29). The fraction of sp³-hybridized carbons (Fsp3) is 0.167. The summed E-state index contributed by atoms with van der Waals surface area (Å²) >= 11 is 1.42. The Hall–Kier alpha value is -3.34. The smallest absolute Gasteiger partial charge is 0.240 e. The van der Waals surface area contributed by atoms with Crippen molar-refractivity contribution in [3.05, 3.63) is 90.1 Å². The van der Waals surface area contributed by atoms with E-state index in [2.05, 4.69) is 15.1 Å². The molecular formula is C24H24N4O4S2. The molecule has 1 amide bonds. The van der Waals surface area contributed by atoms with Crippen molar-refractivity contribution >= 4 is 33.4 Å². The maximum Gasteiger partial charge on any atom is 0.240 e. The lowest BCUT2D eigenvalue weighted by Crippen LogP contribution is -2.23. The molecule has 0 unspecified atom stereocenters. The molecule has 2 aromatic carbocycles. The normalized spacial score (nSPS) is 11.5. The van der Waals surface area contributed by atoms with Crippen molar-refractivity contribution in [2.75, 3.05) is 11.1 Å². The van der Waals surface area contributed by atoms with Gasteiger partial charge in [0.25, 0.3) is 0 Å². The highest BCUT2D eigenvalue weighted by molar-refractivity contribution is 8.00. The molecule has 0 aliphatic rings. The number of amides is 1. The van der Waals surface area contributed by atoms with Gasteiger partial charge in [-0.05, 0) is 62.4 Å². The van der Waals surface area contributed by atoms with E-state index in [1.807, 2.05) is 48.9 Å². The third-order valence-electron chi connectivity index (χ3n) is 5.04. The number of furan rings is 1. The lowest BCUT2D eigenvalue weighted by Gasteiger charge is -2.08. The van der Waals surface area contributed by atoms with Crippen LogP contribution in [0, 0.1) is 13.8 Å². The molecule has 8 nitrogen and oxygen atoms in total. The van der Waals surface area contributed by atoms with E-state index in [1.165, 1.54) is 30.2 Å². The first kappa shape index (κ1) is 23.8. The highest BCUT2D eigenvalue weighted by Gasteiger charge is 2.16. The minimum atomic E-state index is -3.69. The molecule has 176 valence electrons. The van der Waals surface area contributed by atoms with Crippen LogP contribution in [0.2, 0.25) is 0 Å². The Kier molecular flexibility index (Phi) is 7.20. The van der Waals surface area contributed by atoms with Crippen molar-refractivity contribution in [2.24, 2.45) is 0 Å². The second kappa shape index (κ2) is 10.3. The Labute approximate surface area is 202 Å². The topological polar surface area (TPSA) is 106 Å². The molecule has 34 heavy (non-hydrogen) atoms. The SMILES string of the molecule is Cc1nn(-c2ccccc2)c(C)c1SCC(=O)Nc1ccc(S(=O)(=O)NCc2ccco2)cc1. The number of aryl methyl sites for hydroxylation is 1. The minimum absolute atomic E-state index is 0.0603. The number of nitrogens with one attached hydrogen (secondary N) is 2. The van der Waals surface area contributed by atoms with Crippen LogP contribution in [-0.4, -0.2) is 29.9 Å². The predicted octanol–water partition coefficient (Wildman–Crippen LogP) is 4.29. The molecule has 0 radical (unpaired) electrons. The molecule has 0 atom stereocenters. The third kappa shape index (κ3) is 5.58. The van der Waals surface area contributed by atoms with Crippen LogP contribution in [0.25, 0.3) is 5.69 Å². The van der Waals surface area contributed by atoms with Gasteiger partial charge >= 0.3 is 0 Å². The summed E-state index contributed by atoms with van der Waals surface area (Å²) in [4.78, 5) is 13.6. The first-order valence-corrected chi connectivity index (χ1v) is 13.0. The highest BCUT2D eigenvalue weighted by atomic mass is 32.2. The molecule has 0 aliphatic heterocycles. The molecule has 0 fully saturated rings. The monoisotopic (exact) mass is 496 g/mol. The summed E-state index contributed by atoms with van der Waals surface area (Å²) in [7, 11) is -3.69. The zero-order chi connectivity index (χ0) is 24.1. The van der Waals surface area contributed by atoms with Crippen LogP contribution >= 0.6 is 11.8 Å². The fourth-order valence-electron chi connectivity index (χ4n) is 3.37. The number of rotatable bonds is 9. The summed E-state index contributed by atoms with van der Waals surface area (Å²) in [6.07, 6.45) is 1.48. The van der Waals surface area contributed by atoms with Gasteiger partial charge in [0.2, 0.25) is 15.9 Å². The van der Waals surface area contributed by atoms with E-state index in [-0.39, 0.29) is 23.1 Å². The first-order chi connectivity index (χ1) is 16.3. The van der Waals surface area contributed by atoms with Gasteiger partial charge in [-0.3, -0.25) is 4.79 Å². The largest absolute Gasteiger partial charge is 0.468 e. The average molecular weight is 497 g/mol. The Morgan fingerprint density at radius 3 is 2.44 bits per heavy atom. The van der Waals surface area contributed by atoms with E-state index in [0.29, 0.717) is 11.4 Å². The molecular weight excluding hydrogens is 472 g/mol. The van der Waals surface area contributed by atoms with E-state index in [9.17, 15) is 13.2 Å². The lowest BCUT2D eigenvalue weighted by molar-refractivity contribution is -0.113. The van der Waals surface area contributed by atoms with Gasteiger partial charge in [-0.15, -0.1) is 11.8 Å². The number of sulfonamides is 1. The summed E-state index contributed by atoms with van der Waals surface area (Å²) in [5, 5.41) is 7.41. The number of aromatic nitrogens is 2. The molecule has 0 saturated heterocycles. The number of anilines is 1. The summed E-state index contributed by atoms with van der Waals surface area (Å²) in [5.41, 5.74) is 3.31. The second-order valence-corrected chi connectivity index (χ2v) is 10.3. The fourth-order valence-corrected chi connectivity index (χ4v) is 5.26. The number of carbonyl (C=O) groups is 1. The van der Waals surface area contributed by atoms with E-state index in [0.717, 1.165) is 22.0 Å². The lowest BCUT2D eigenvalue weighted by atomic mass is 10.3. The van der Waals surface area contributed by atoms with Crippen molar-refractivity contribution in [1.82, 2.24) is 14.5 Å². The minimum Gasteiger partial charge on any atom is -0.468 e. The quantitative estimate of drug-likeness (QED) is 0.335. The molecule has 0 spiro atoms. The zero-order valence-corrected chi connectivity index (χ0v) is 20.3. The van der Waals surface area contributed by atoms with Crippen molar-refractivity contribution < 1.29 is 17.6 Å². The average Bonchev–Trinajstić information content (AvgIpc) is 3.45. The highest BCUT2D eigenvalue weighted by Crippen LogP contribution is 2.28. The summed E-state index contributed by atoms with van der Waals surface area (Å²) < 4.78 is 34.4. The first-order valence-electron chi connectivity index (χ1n) is 10.5. The predicted molar refractivity (Wildman–Crippen MR) is 132 cm³/mol. The number of hydrogen-bond acceptors (Lipinski definition) is 6. The number of thioether (sulfide) groups is 1. The van der Waals surface area contributed by atoms with Gasteiger partial charge in [0.15, 0.2) is 0 Å². The summed E-state index contributed by atoms with van der Waals surface area (Å²) in [6, 6.07) is 19.2. The maximum atomic E-state index is 12.5. The Balaban J connectivity index is 1.34. The van der Waals surface area contributed by atoms with Gasteiger partial charge in [-0.1, -0.05) is 18.2 Å². The van der Waals surface area contributed by atoms with Crippen LogP contribution in [0.3, 0.4) is 0 Å². The molecule has 2 N–H and O–H groups in total. The van der Waals surface area contributed by atoms with Crippen LogP contribution in [-0.2, 0) is 21.4 Å². The number of para-hydroxylation sites is 1. The van der Waals surface area contributed by atoms with E-state index < -0.39 is 10.0 Å². The van der Waals surface area contributed by atoms with E-state index in [4.69, 9.17) is 4.42 Å². The van der Waals surface area contributed by atoms with Crippen LogP contribution in [0.5, 0.6) is 0 Å². The van der Waals surface area contributed by atoms with Crippen LogP contribution in [0.1, 0.15) is 17.1 Å². The number of hydrogen-bond donors (Lipinski definition) is 2. The summed E-state index contributed by atoms with van der Waals surface area (Å²) in [5.74, 6) is 0.528. The Morgan fingerprint density at radius 1 is 1.03 bits per heavy atom. The molecule has 0 bridgehead atoms. The Morgan fingerprint density at radius 2 is 1.76 bits per heavy atom. The van der Waals surface area contributed by atoms with Crippen molar-refractivity contribution in [1.29, 1.82) is 0 Å². The third-order valence-corrected chi connectivity index (χ3v) is 7.74. The van der Waals surface area contributed by atoms with Crippen LogP contribution in [0.4, 0.5) is 5.69 Å². The van der Waals surface area contributed by atoms with Crippen molar-refractivity contribution in [3.8, 4) is 5.69 Å². The maximum absolute atomic E-state index is 12.5. The molecule has 10 heteroatoms. The molecule has 0 saturated carbocycles. The van der Waals surface area contributed by atoms with E-state index >= 15 is 0 Å². The van der Waals surface area contributed by atoms with Crippen LogP contribution in [0.15, 0.2) is 87.2 Å². The molecule has 4 aromatic rings. The number of carbonyl (C=O) groups excluding carboxylic acids is 1. The molecule has 0 aliphatic carbocycles. The molecule has 2 aromatic heterocycles. The van der Waals surface area contributed by atoms with Crippen molar-refractivity contribution in [3.63, 3.8) is 0 Å². The van der Waals surface area contributed by atoms with Gasteiger partial charge < -0.3 is 9.73 Å². The molecule has 2 heterocycles. The Bertz CT molecular complexity index is 1360. The van der Waals surface area contributed by atoms with E-state index in [1.54, 1.807) is 24.3 Å². The summed E-state index contributed by atoms with van der Waals surface area (Å²) in [6.45, 7) is 3.96. The van der Waals surface area contributed by atoms with Gasteiger partial charge in [-0.25, -0.2) is 17.8 Å². The van der Waals surface area contributed by atoms with Crippen molar-refractivity contribution in [2.45, 2.75) is 30.2 Å². The second-order valence-electron chi connectivity index (χ2n) is 7.51. The van der Waals surface area contributed by atoms with Gasteiger partial charge in [-0.2, -0.15) is 5.10 Å². The van der Waals surface area contributed by atoms with Gasteiger partial charge in [0.05, 0.1) is 45.4 Å². The number of benzene rings is 2.